The summed E-state index contributed by atoms with van der Waals surface area (Å²) in [5.41, 5.74) is -0.415. The second kappa shape index (κ2) is 2.50. The Bertz CT molecular complexity index is 355. The van der Waals surface area contributed by atoms with E-state index in [4.69, 9.17) is 10.00 Å². The van der Waals surface area contributed by atoms with Crippen LogP contribution in [-0.2, 0) is 7.05 Å². The van der Waals surface area contributed by atoms with Gasteiger partial charge in [-0.1, -0.05) is 0 Å². The molecule has 1 N–H and O–H groups in total. The number of aryl methyl sites for hydroxylation is 1. The molecule has 0 atom stereocenters. The van der Waals surface area contributed by atoms with Crippen LogP contribution in [0, 0.1) is 11.3 Å². The maximum Gasteiger partial charge on any atom is 0.286 e. The summed E-state index contributed by atoms with van der Waals surface area (Å²) in [4.78, 5) is 10.9. The van der Waals surface area contributed by atoms with Crippen molar-refractivity contribution in [3.8, 4) is 11.9 Å². The van der Waals surface area contributed by atoms with Crippen LogP contribution in [0.3, 0.4) is 0 Å². The van der Waals surface area contributed by atoms with E-state index < -0.39 is 5.56 Å². The number of hydrogen-bond acceptors (Lipinski definition) is 3. The molecule has 0 fully saturated rings. The predicted molar refractivity (Wildman–Crippen MR) is 37.3 cm³/mol. The van der Waals surface area contributed by atoms with E-state index in [-0.39, 0.29) is 11.4 Å². The normalized spacial score (nSPS) is 9.18. The van der Waals surface area contributed by atoms with E-state index in [2.05, 4.69) is 5.10 Å². The number of H-pyrrole nitrogens is 1. The topological polar surface area (TPSA) is 70.8 Å². The highest BCUT2D eigenvalue weighted by Gasteiger charge is 2.11. The lowest BCUT2D eigenvalue weighted by Crippen LogP contribution is -2.03. The van der Waals surface area contributed by atoms with Crippen molar-refractivity contribution < 1.29 is 4.74 Å². The van der Waals surface area contributed by atoms with Gasteiger partial charge in [-0.3, -0.25) is 14.6 Å². The van der Waals surface area contributed by atoms with Crippen molar-refractivity contribution in [3.05, 3.63) is 15.9 Å². The van der Waals surface area contributed by atoms with Gasteiger partial charge in [0.2, 0.25) is 5.88 Å². The summed E-state index contributed by atoms with van der Waals surface area (Å²) in [6, 6.07) is 1.75. The van der Waals surface area contributed by atoms with Gasteiger partial charge in [0.05, 0.1) is 7.11 Å². The lowest BCUT2D eigenvalue weighted by atomic mass is 10.4. The molecule has 0 amide bonds. The number of nitrogens with one attached hydrogen (secondary N) is 1. The quantitative estimate of drug-likeness (QED) is 0.596. The van der Waals surface area contributed by atoms with Crippen LogP contribution in [-0.4, -0.2) is 16.9 Å². The fraction of sp³-hybridized carbons (Fsp3) is 0.333. The minimum absolute atomic E-state index is 0.00926. The summed E-state index contributed by atoms with van der Waals surface area (Å²) in [5, 5.41) is 10.9. The van der Waals surface area contributed by atoms with Crippen molar-refractivity contribution in [1.29, 1.82) is 5.26 Å². The molecule has 1 rings (SSSR count). The van der Waals surface area contributed by atoms with Gasteiger partial charge in [-0.2, -0.15) is 5.26 Å². The van der Waals surface area contributed by atoms with Gasteiger partial charge in [-0.15, -0.1) is 0 Å². The molecule has 1 aromatic heterocycles. The molecule has 1 aromatic rings. The highest BCUT2D eigenvalue weighted by atomic mass is 16.5. The number of aromatic amines is 1. The van der Waals surface area contributed by atoms with Crippen molar-refractivity contribution in [2.45, 2.75) is 0 Å². The molecule has 0 radical (unpaired) electrons. The Morgan fingerprint density at radius 2 is 2.36 bits per heavy atom. The Hall–Kier alpha value is -1.70. The first-order valence-corrected chi connectivity index (χ1v) is 2.93. The third-order valence-electron chi connectivity index (χ3n) is 1.32. The second-order valence-electron chi connectivity index (χ2n) is 2.00. The molecule has 5 nitrogen and oxygen atoms in total. The van der Waals surface area contributed by atoms with Crippen LogP contribution in [0.25, 0.3) is 0 Å². The van der Waals surface area contributed by atoms with Gasteiger partial charge in [-0.25, -0.2) is 0 Å². The molecule has 5 heteroatoms. The van der Waals surface area contributed by atoms with Crippen LogP contribution in [0.5, 0.6) is 5.88 Å². The van der Waals surface area contributed by atoms with Crippen molar-refractivity contribution in [2.24, 2.45) is 7.05 Å². The fourth-order valence-electron chi connectivity index (χ4n) is 0.861. The van der Waals surface area contributed by atoms with E-state index in [1.165, 1.54) is 11.8 Å². The number of nitriles is 1. The molecule has 0 aliphatic rings. The zero-order chi connectivity index (χ0) is 8.43. The molecule has 11 heavy (non-hydrogen) atoms. The van der Waals surface area contributed by atoms with E-state index in [0.717, 1.165) is 0 Å². The summed E-state index contributed by atoms with van der Waals surface area (Å²) in [6.45, 7) is 0. The fourth-order valence-corrected chi connectivity index (χ4v) is 0.861. The molecule has 0 aliphatic carbocycles. The number of hydrogen-bond donors (Lipinski definition) is 1. The lowest BCUT2D eigenvalue weighted by molar-refractivity contribution is 0.372. The first-order valence-electron chi connectivity index (χ1n) is 2.93. The lowest BCUT2D eigenvalue weighted by Gasteiger charge is -1.97. The van der Waals surface area contributed by atoms with Crippen LogP contribution in [0.2, 0.25) is 0 Å². The summed E-state index contributed by atoms with van der Waals surface area (Å²) < 4.78 is 6.16. The van der Waals surface area contributed by atoms with Gasteiger partial charge < -0.3 is 4.74 Å². The molecule has 58 valence electrons. The Morgan fingerprint density at radius 3 is 2.73 bits per heavy atom. The van der Waals surface area contributed by atoms with E-state index in [0.29, 0.717) is 0 Å². The van der Waals surface area contributed by atoms with E-state index >= 15 is 0 Å². The molecule has 0 unspecified atom stereocenters. The highest BCUT2D eigenvalue weighted by molar-refractivity contribution is 5.36. The van der Waals surface area contributed by atoms with Gasteiger partial charge in [-0.05, 0) is 0 Å². The summed E-state index contributed by atoms with van der Waals surface area (Å²) in [5.74, 6) is 0.262. The molecule has 0 aliphatic heterocycles. The minimum atomic E-state index is -0.424. The molecular formula is C6H7N3O2. The van der Waals surface area contributed by atoms with Crippen molar-refractivity contribution in [3.63, 3.8) is 0 Å². The third-order valence-corrected chi connectivity index (χ3v) is 1.32. The minimum Gasteiger partial charge on any atom is -0.480 e. The molecule has 0 bridgehead atoms. The zero-order valence-corrected chi connectivity index (χ0v) is 6.21. The van der Waals surface area contributed by atoms with Crippen LogP contribution in [0.15, 0.2) is 4.79 Å². The summed E-state index contributed by atoms with van der Waals surface area (Å²) in [6.07, 6.45) is 0. The van der Waals surface area contributed by atoms with E-state index in [9.17, 15) is 4.79 Å². The highest BCUT2D eigenvalue weighted by Crippen LogP contribution is 2.09. The SMILES string of the molecule is COc1c(C#N)c(=O)[nH]n1C. The van der Waals surface area contributed by atoms with Gasteiger partial charge in [0.25, 0.3) is 5.56 Å². The summed E-state index contributed by atoms with van der Waals surface area (Å²) in [7, 11) is 3.00. The van der Waals surface area contributed by atoms with E-state index in [1.807, 2.05) is 0 Å². The smallest absolute Gasteiger partial charge is 0.286 e. The third kappa shape index (κ3) is 0.984. The van der Waals surface area contributed by atoms with E-state index in [1.54, 1.807) is 13.1 Å². The first kappa shape index (κ1) is 7.41. The molecule has 1 heterocycles. The maximum atomic E-state index is 10.9. The largest absolute Gasteiger partial charge is 0.480 e. The van der Waals surface area contributed by atoms with Gasteiger partial charge in [0.1, 0.15) is 6.07 Å². The zero-order valence-electron chi connectivity index (χ0n) is 6.21. The second-order valence-corrected chi connectivity index (χ2v) is 2.00. The molecule has 0 aromatic carbocycles. The van der Waals surface area contributed by atoms with Crippen LogP contribution < -0.4 is 10.3 Å². The Labute approximate surface area is 62.8 Å². The number of rotatable bonds is 1. The Morgan fingerprint density at radius 1 is 1.73 bits per heavy atom. The van der Waals surface area contributed by atoms with Gasteiger partial charge >= 0.3 is 0 Å². The molecule has 0 saturated carbocycles. The first-order chi connectivity index (χ1) is 5.20. The molecular weight excluding hydrogens is 146 g/mol. The van der Waals surface area contributed by atoms with Crippen LogP contribution in [0.1, 0.15) is 5.56 Å². The summed E-state index contributed by atoms with van der Waals surface area (Å²) >= 11 is 0. The number of aromatic nitrogens is 2. The van der Waals surface area contributed by atoms with Crippen molar-refractivity contribution in [2.75, 3.05) is 7.11 Å². The average molecular weight is 153 g/mol. The molecule has 0 saturated heterocycles. The van der Waals surface area contributed by atoms with Crippen molar-refractivity contribution in [1.82, 2.24) is 9.78 Å². The van der Waals surface area contributed by atoms with Gasteiger partial charge in [0.15, 0.2) is 5.56 Å². The maximum absolute atomic E-state index is 10.9. The van der Waals surface area contributed by atoms with Crippen molar-refractivity contribution >= 4 is 0 Å². The molecule has 0 spiro atoms. The standard InChI is InChI=1S/C6H7N3O2/c1-9-6(11-2)4(3-7)5(10)8-9/h1-2H3,(H,8,10). The predicted octanol–water partition coefficient (Wildman–Crippen LogP) is -0.406. The number of ether oxygens (including phenoxy) is 1. The monoisotopic (exact) mass is 153 g/mol. The van der Waals surface area contributed by atoms with Crippen LogP contribution in [0.4, 0.5) is 0 Å². The Balaban J connectivity index is 3.44. The Kier molecular flexibility index (Phi) is 1.68. The van der Waals surface area contributed by atoms with Crippen LogP contribution >= 0.6 is 0 Å². The number of methoxy groups -OCH3 is 1. The average Bonchev–Trinajstić information content (AvgIpc) is 2.24. The van der Waals surface area contributed by atoms with Gasteiger partial charge in [0, 0.05) is 7.05 Å². The number of nitrogens with zero attached hydrogens (tertiary/aromatic N) is 2.